The van der Waals surface area contributed by atoms with E-state index in [1.807, 2.05) is 4.90 Å². The second-order valence-electron chi connectivity index (χ2n) is 3.47. The standard InChI is InChI=1S/C12H18N2O3/c1-4-7-14(8-5-2)12-13-10(9-17-12)11(15)16-6-3/h4,9H,1,5-8H2,2-3H3. The zero-order chi connectivity index (χ0) is 12.7. The molecule has 0 fully saturated rings. The molecular weight excluding hydrogens is 220 g/mol. The Labute approximate surface area is 101 Å². The van der Waals surface area contributed by atoms with E-state index in [1.54, 1.807) is 13.0 Å². The van der Waals surface area contributed by atoms with Crippen molar-refractivity contribution in [3.05, 3.63) is 24.6 Å². The molecule has 0 aliphatic heterocycles. The molecule has 5 nitrogen and oxygen atoms in total. The van der Waals surface area contributed by atoms with Crippen LogP contribution in [0.1, 0.15) is 30.8 Å². The highest BCUT2D eigenvalue weighted by Crippen LogP contribution is 2.14. The molecule has 0 aliphatic rings. The predicted molar refractivity (Wildman–Crippen MR) is 65.2 cm³/mol. The van der Waals surface area contributed by atoms with Gasteiger partial charge in [0.05, 0.1) is 6.61 Å². The Hall–Kier alpha value is -1.78. The summed E-state index contributed by atoms with van der Waals surface area (Å²) in [6, 6.07) is 0.426. The molecule has 0 atom stereocenters. The van der Waals surface area contributed by atoms with Gasteiger partial charge in [-0.05, 0) is 13.3 Å². The quantitative estimate of drug-likeness (QED) is 0.538. The Bertz CT molecular complexity index is 374. The average molecular weight is 238 g/mol. The van der Waals surface area contributed by atoms with Crippen LogP contribution in [0.15, 0.2) is 23.3 Å². The van der Waals surface area contributed by atoms with E-state index in [1.165, 1.54) is 6.26 Å². The van der Waals surface area contributed by atoms with Gasteiger partial charge in [-0.25, -0.2) is 4.79 Å². The summed E-state index contributed by atoms with van der Waals surface area (Å²) in [7, 11) is 0. The van der Waals surface area contributed by atoms with Crippen molar-refractivity contribution in [2.24, 2.45) is 0 Å². The molecule has 0 radical (unpaired) electrons. The Morgan fingerprint density at radius 3 is 3.00 bits per heavy atom. The summed E-state index contributed by atoms with van der Waals surface area (Å²) in [6.45, 7) is 9.25. The van der Waals surface area contributed by atoms with Crippen LogP contribution >= 0.6 is 0 Å². The summed E-state index contributed by atoms with van der Waals surface area (Å²) < 4.78 is 10.1. The van der Waals surface area contributed by atoms with E-state index in [0.29, 0.717) is 19.2 Å². The van der Waals surface area contributed by atoms with Gasteiger partial charge in [-0.1, -0.05) is 13.0 Å². The van der Waals surface area contributed by atoms with Crippen LogP contribution < -0.4 is 4.90 Å². The Morgan fingerprint density at radius 2 is 2.41 bits per heavy atom. The van der Waals surface area contributed by atoms with E-state index in [0.717, 1.165) is 13.0 Å². The number of hydrogen-bond acceptors (Lipinski definition) is 5. The maximum Gasteiger partial charge on any atom is 0.360 e. The van der Waals surface area contributed by atoms with Crippen LogP contribution in [0.3, 0.4) is 0 Å². The normalized spacial score (nSPS) is 10.0. The van der Waals surface area contributed by atoms with Crippen molar-refractivity contribution < 1.29 is 13.9 Å². The largest absolute Gasteiger partial charge is 0.461 e. The molecule has 0 saturated carbocycles. The lowest BCUT2D eigenvalue weighted by Gasteiger charge is -2.16. The number of nitrogens with zero attached hydrogens (tertiary/aromatic N) is 2. The zero-order valence-corrected chi connectivity index (χ0v) is 10.3. The van der Waals surface area contributed by atoms with Crippen LogP contribution in [0.2, 0.25) is 0 Å². The molecule has 0 saturated heterocycles. The van der Waals surface area contributed by atoms with Crippen molar-refractivity contribution in [2.45, 2.75) is 20.3 Å². The van der Waals surface area contributed by atoms with E-state index < -0.39 is 5.97 Å². The fourth-order valence-corrected chi connectivity index (χ4v) is 1.40. The Kier molecular flexibility index (Phi) is 5.26. The van der Waals surface area contributed by atoms with Crippen LogP contribution in [-0.4, -0.2) is 30.6 Å². The first-order chi connectivity index (χ1) is 8.22. The van der Waals surface area contributed by atoms with Gasteiger partial charge in [-0.3, -0.25) is 0 Å². The van der Waals surface area contributed by atoms with Gasteiger partial charge in [0, 0.05) is 13.1 Å². The molecule has 0 N–H and O–H groups in total. The van der Waals surface area contributed by atoms with E-state index in [-0.39, 0.29) is 5.69 Å². The van der Waals surface area contributed by atoms with Crippen LogP contribution in [-0.2, 0) is 4.74 Å². The molecule has 0 spiro atoms. The zero-order valence-electron chi connectivity index (χ0n) is 10.3. The fraction of sp³-hybridized carbons (Fsp3) is 0.500. The maximum atomic E-state index is 11.4. The minimum absolute atomic E-state index is 0.201. The summed E-state index contributed by atoms with van der Waals surface area (Å²) in [5.74, 6) is -0.461. The highest BCUT2D eigenvalue weighted by Gasteiger charge is 2.16. The molecule has 94 valence electrons. The molecule has 0 amide bonds. The third kappa shape index (κ3) is 3.62. The number of carbonyl (C=O) groups is 1. The highest BCUT2D eigenvalue weighted by atomic mass is 16.5. The van der Waals surface area contributed by atoms with Crippen LogP contribution in [0.25, 0.3) is 0 Å². The lowest BCUT2D eigenvalue weighted by molar-refractivity contribution is 0.0519. The van der Waals surface area contributed by atoms with Crippen molar-refractivity contribution in [3.63, 3.8) is 0 Å². The summed E-state index contributed by atoms with van der Waals surface area (Å²) in [5.41, 5.74) is 0.201. The number of rotatable bonds is 7. The first-order valence-corrected chi connectivity index (χ1v) is 5.71. The lowest BCUT2D eigenvalue weighted by Crippen LogP contribution is -2.24. The molecule has 1 aromatic rings. The monoisotopic (exact) mass is 238 g/mol. The topological polar surface area (TPSA) is 55.6 Å². The molecule has 0 unspecified atom stereocenters. The molecule has 1 rings (SSSR count). The number of ether oxygens (including phenoxy) is 1. The molecule has 5 heteroatoms. The van der Waals surface area contributed by atoms with Crippen LogP contribution in [0, 0.1) is 0 Å². The van der Waals surface area contributed by atoms with Gasteiger partial charge in [0.2, 0.25) is 0 Å². The van der Waals surface area contributed by atoms with E-state index in [9.17, 15) is 4.79 Å². The summed E-state index contributed by atoms with van der Waals surface area (Å²) in [4.78, 5) is 17.4. The van der Waals surface area contributed by atoms with Gasteiger partial charge < -0.3 is 14.1 Å². The second kappa shape index (κ2) is 6.73. The van der Waals surface area contributed by atoms with Gasteiger partial charge in [-0.2, -0.15) is 4.98 Å². The maximum absolute atomic E-state index is 11.4. The summed E-state index contributed by atoms with van der Waals surface area (Å²) in [6.07, 6.45) is 4.05. The molecule has 0 bridgehead atoms. The number of hydrogen-bond donors (Lipinski definition) is 0. The molecule has 1 heterocycles. The SMILES string of the molecule is C=CCN(CCC)c1nc(C(=O)OCC)co1. The average Bonchev–Trinajstić information content (AvgIpc) is 2.78. The van der Waals surface area contributed by atoms with Gasteiger partial charge in [-0.15, -0.1) is 6.58 Å². The third-order valence-corrected chi connectivity index (χ3v) is 2.09. The Balaban J connectivity index is 2.76. The fourth-order valence-electron chi connectivity index (χ4n) is 1.40. The van der Waals surface area contributed by atoms with E-state index in [4.69, 9.17) is 9.15 Å². The molecule has 0 aliphatic carbocycles. The lowest BCUT2D eigenvalue weighted by atomic mass is 10.4. The number of aromatic nitrogens is 1. The van der Waals surface area contributed by atoms with Gasteiger partial charge in [0.15, 0.2) is 5.69 Å². The van der Waals surface area contributed by atoms with E-state index >= 15 is 0 Å². The van der Waals surface area contributed by atoms with Crippen molar-refractivity contribution in [1.82, 2.24) is 4.98 Å². The van der Waals surface area contributed by atoms with Crippen molar-refractivity contribution in [3.8, 4) is 0 Å². The summed E-state index contributed by atoms with van der Waals surface area (Å²) >= 11 is 0. The number of anilines is 1. The predicted octanol–water partition coefficient (Wildman–Crippen LogP) is 2.25. The number of esters is 1. The highest BCUT2D eigenvalue weighted by molar-refractivity contribution is 5.87. The number of carbonyl (C=O) groups excluding carboxylic acids is 1. The van der Waals surface area contributed by atoms with Crippen LogP contribution in [0.5, 0.6) is 0 Å². The second-order valence-corrected chi connectivity index (χ2v) is 3.47. The molecule has 17 heavy (non-hydrogen) atoms. The van der Waals surface area contributed by atoms with Gasteiger partial charge >= 0.3 is 5.97 Å². The van der Waals surface area contributed by atoms with Gasteiger partial charge in [0.1, 0.15) is 6.26 Å². The molecular formula is C12H18N2O3. The summed E-state index contributed by atoms with van der Waals surface area (Å²) in [5, 5.41) is 0. The van der Waals surface area contributed by atoms with Crippen molar-refractivity contribution >= 4 is 12.0 Å². The third-order valence-electron chi connectivity index (χ3n) is 2.09. The Morgan fingerprint density at radius 1 is 1.65 bits per heavy atom. The first kappa shape index (κ1) is 13.3. The van der Waals surface area contributed by atoms with Crippen LogP contribution in [0.4, 0.5) is 6.01 Å². The minimum Gasteiger partial charge on any atom is -0.461 e. The molecule has 0 aromatic carbocycles. The first-order valence-electron chi connectivity index (χ1n) is 5.71. The molecule has 1 aromatic heterocycles. The van der Waals surface area contributed by atoms with Gasteiger partial charge in [0.25, 0.3) is 6.01 Å². The minimum atomic E-state index is -0.461. The van der Waals surface area contributed by atoms with E-state index in [2.05, 4.69) is 18.5 Å². The van der Waals surface area contributed by atoms with Crippen molar-refractivity contribution in [1.29, 1.82) is 0 Å². The number of oxazole rings is 1. The van der Waals surface area contributed by atoms with Crippen molar-refractivity contribution in [2.75, 3.05) is 24.6 Å². The smallest absolute Gasteiger partial charge is 0.360 e.